The highest BCUT2D eigenvalue weighted by Crippen LogP contribution is 2.33. The molecule has 1 aromatic heterocycles. The first-order chi connectivity index (χ1) is 13.2. The Balaban J connectivity index is 1.28. The first kappa shape index (κ1) is 17.4. The summed E-state index contributed by atoms with van der Waals surface area (Å²) >= 11 is 0. The molecular formula is C22H30N4O. The molecule has 3 saturated heterocycles. The van der Waals surface area contributed by atoms with E-state index in [1.54, 1.807) is 11.1 Å². The molecule has 3 aliphatic heterocycles. The summed E-state index contributed by atoms with van der Waals surface area (Å²) in [6.07, 6.45) is 5.10. The molecule has 5 nitrogen and oxygen atoms in total. The Labute approximate surface area is 161 Å². The van der Waals surface area contributed by atoms with Gasteiger partial charge in [-0.2, -0.15) is 0 Å². The van der Waals surface area contributed by atoms with Crippen LogP contribution >= 0.6 is 0 Å². The van der Waals surface area contributed by atoms with E-state index in [-0.39, 0.29) is 0 Å². The molecule has 144 valence electrons. The van der Waals surface area contributed by atoms with E-state index >= 15 is 0 Å². The molecule has 4 aliphatic rings. The number of benzene rings is 1. The van der Waals surface area contributed by atoms with Gasteiger partial charge in [0, 0.05) is 37.6 Å². The van der Waals surface area contributed by atoms with Gasteiger partial charge in [0.05, 0.1) is 6.54 Å². The third-order valence-electron chi connectivity index (χ3n) is 6.72. The molecular weight excluding hydrogens is 336 g/mol. The van der Waals surface area contributed by atoms with Crippen LogP contribution in [-0.4, -0.2) is 51.7 Å². The maximum Gasteiger partial charge on any atom is 0.230 e. The van der Waals surface area contributed by atoms with Gasteiger partial charge in [0.15, 0.2) is 0 Å². The van der Waals surface area contributed by atoms with Crippen LogP contribution < -0.4 is 0 Å². The van der Waals surface area contributed by atoms with Crippen molar-refractivity contribution < 1.29 is 4.42 Å². The second kappa shape index (κ2) is 7.02. The lowest BCUT2D eigenvalue weighted by molar-refractivity contribution is 0.109. The summed E-state index contributed by atoms with van der Waals surface area (Å²) in [7, 11) is 0. The van der Waals surface area contributed by atoms with Crippen molar-refractivity contribution in [2.45, 2.75) is 64.1 Å². The van der Waals surface area contributed by atoms with Gasteiger partial charge in [0.1, 0.15) is 0 Å². The largest absolute Gasteiger partial charge is 0.424 e. The zero-order chi connectivity index (χ0) is 18.4. The summed E-state index contributed by atoms with van der Waals surface area (Å²) in [5, 5.41) is 8.51. The highest BCUT2D eigenvalue weighted by atomic mass is 16.4. The van der Waals surface area contributed by atoms with Crippen molar-refractivity contribution in [1.29, 1.82) is 0 Å². The Morgan fingerprint density at radius 2 is 1.78 bits per heavy atom. The summed E-state index contributed by atoms with van der Waals surface area (Å²) in [4.78, 5) is 5.39. The Bertz CT molecular complexity index is 776. The first-order valence-corrected chi connectivity index (χ1v) is 10.5. The summed E-state index contributed by atoms with van der Waals surface area (Å²) in [5.41, 5.74) is 3.12. The van der Waals surface area contributed by atoms with Crippen LogP contribution in [0.5, 0.6) is 0 Å². The summed E-state index contributed by atoms with van der Waals surface area (Å²) in [6.45, 7) is 8.60. The zero-order valence-corrected chi connectivity index (χ0v) is 16.5. The van der Waals surface area contributed by atoms with Crippen LogP contribution in [0.25, 0.3) is 0 Å². The SMILES string of the molecule is CC(C)c1nnc(CN2C[C@@H]3CC[C@H]2CN(C2Cc4ccccc4C2)C3)o1. The monoisotopic (exact) mass is 366 g/mol. The van der Waals surface area contributed by atoms with Crippen molar-refractivity contribution >= 4 is 0 Å². The van der Waals surface area contributed by atoms with Crippen LogP contribution in [-0.2, 0) is 19.4 Å². The fourth-order valence-electron chi connectivity index (χ4n) is 5.24. The van der Waals surface area contributed by atoms with Gasteiger partial charge in [-0.25, -0.2) is 0 Å². The summed E-state index contributed by atoms with van der Waals surface area (Å²) in [6, 6.07) is 10.3. The normalized spacial score (nSPS) is 26.6. The average molecular weight is 367 g/mol. The highest BCUT2D eigenvalue weighted by Gasteiger charge is 2.38. The lowest BCUT2D eigenvalue weighted by Gasteiger charge is -2.35. The smallest absolute Gasteiger partial charge is 0.230 e. The Morgan fingerprint density at radius 3 is 2.48 bits per heavy atom. The van der Waals surface area contributed by atoms with E-state index < -0.39 is 0 Å². The van der Waals surface area contributed by atoms with Crippen molar-refractivity contribution in [3.8, 4) is 0 Å². The fraction of sp³-hybridized carbons (Fsp3) is 0.636. The van der Waals surface area contributed by atoms with Gasteiger partial charge in [-0.15, -0.1) is 10.2 Å². The Kier molecular flexibility index (Phi) is 4.52. The molecule has 5 heteroatoms. The van der Waals surface area contributed by atoms with E-state index in [1.807, 2.05) is 0 Å². The predicted octanol–water partition coefficient (Wildman–Crippen LogP) is 3.26. The number of nitrogens with zero attached hydrogens (tertiary/aromatic N) is 4. The van der Waals surface area contributed by atoms with Gasteiger partial charge in [0.2, 0.25) is 11.8 Å². The minimum absolute atomic E-state index is 0.298. The van der Waals surface area contributed by atoms with Crippen molar-refractivity contribution in [3.05, 3.63) is 47.2 Å². The van der Waals surface area contributed by atoms with Crippen molar-refractivity contribution in [2.75, 3.05) is 19.6 Å². The molecule has 2 aromatic rings. The molecule has 0 amide bonds. The van der Waals surface area contributed by atoms with Gasteiger partial charge in [0.25, 0.3) is 0 Å². The Morgan fingerprint density at radius 1 is 1.00 bits per heavy atom. The quantitative estimate of drug-likeness (QED) is 0.831. The number of hydrogen-bond donors (Lipinski definition) is 0. The van der Waals surface area contributed by atoms with Gasteiger partial charge < -0.3 is 4.42 Å². The van der Waals surface area contributed by atoms with E-state index in [0.717, 1.165) is 24.2 Å². The third kappa shape index (κ3) is 3.43. The van der Waals surface area contributed by atoms with Crippen molar-refractivity contribution in [3.63, 3.8) is 0 Å². The van der Waals surface area contributed by atoms with Gasteiger partial charge in [-0.3, -0.25) is 9.80 Å². The van der Waals surface area contributed by atoms with E-state index in [1.165, 1.54) is 45.3 Å². The summed E-state index contributed by atoms with van der Waals surface area (Å²) in [5.74, 6) is 2.60. The molecule has 0 N–H and O–H groups in total. The highest BCUT2D eigenvalue weighted by molar-refractivity contribution is 5.33. The van der Waals surface area contributed by atoms with Crippen LogP contribution in [0, 0.1) is 5.92 Å². The zero-order valence-electron chi connectivity index (χ0n) is 16.5. The molecule has 6 rings (SSSR count). The number of hydrogen-bond acceptors (Lipinski definition) is 5. The molecule has 2 atom stereocenters. The predicted molar refractivity (Wildman–Crippen MR) is 105 cm³/mol. The van der Waals surface area contributed by atoms with E-state index in [2.05, 4.69) is 58.1 Å². The molecule has 3 fully saturated rings. The first-order valence-electron chi connectivity index (χ1n) is 10.5. The van der Waals surface area contributed by atoms with Crippen LogP contribution in [0.2, 0.25) is 0 Å². The maximum atomic E-state index is 5.89. The average Bonchev–Trinajstić information content (AvgIpc) is 3.21. The fourth-order valence-corrected chi connectivity index (χ4v) is 5.24. The van der Waals surface area contributed by atoms with E-state index in [0.29, 0.717) is 18.0 Å². The number of aromatic nitrogens is 2. The second-order valence-corrected chi connectivity index (χ2v) is 9.00. The number of piperidine rings is 1. The summed E-state index contributed by atoms with van der Waals surface area (Å²) < 4.78 is 5.89. The molecule has 0 unspecified atom stereocenters. The van der Waals surface area contributed by atoms with Gasteiger partial charge in [-0.05, 0) is 42.7 Å². The molecule has 0 spiro atoms. The van der Waals surface area contributed by atoms with Crippen LogP contribution in [0.1, 0.15) is 55.5 Å². The van der Waals surface area contributed by atoms with Crippen molar-refractivity contribution in [2.24, 2.45) is 5.92 Å². The van der Waals surface area contributed by atoms with E-state index in [9.17, 15) is 0 Å². The lowest BCUT2D eigenvalue weighted by Crippen LogP contribution is -2.44. The molecule has 0 radical (unpaired) electrons. The van der Waals surface area contributed by atoms with Crippen LogP contribution in [0.4, 0.5) is 0 Å². The number of rotatable bonds is 4. The Hall–Kier alpha value is -1.72. The standard InChI is InChI=1S/C22H30N4O/c1-15(2)22-24-23-21(27-22)14-26-12-16-7-8-19(26)13-25(11-16)20-9-17-5-3-4-6-18(17)10-20/h3-6,15-16,19-20H,7-14H2,1-2H3/t16-,19+/m1/s1. The second-order valence-electron chi connectivity index (χ2n) is 9.00. The molecule has 2 bridgehead atoms. The van der Waals surface area contributed by atoms with Crippen LogP contribution in [0.3, 0.4) is 0 Å². The lowest BCUT2D eigenvalue weighted by atomic mass is 9.95. The van der Waals surface area contributed by atoms with Gasteiger partial charge >= 0.3 is 0 Å². The minimum atomic E-state index is 0.298. The molecule has 0 saturated carbocycles. The minimum Gasteiger partial charge on any atom is -0.424 e. The topological polar surface area (TPSA) is 45.4 Å². The number of fused-ring (bicyclic) bond motifs is 5. The van der Waals surface area contributed by atoms with E-state index in [4.69, 9.17) is 4.42 Å². The van der Waals surface area contributed by atoms with Crippen molar-refractivity contribution in [1.82, 2.24) is 20.0 Å². The van der Waals surface area contributed by atoms with Crippen LogP contribution in [0.15, 0.2) is 28.7 Å². The molecule has 1 aromatic carbocycles. The third-order valence-corrected chi connectivity index (χ3v) is 6.72. The molecule has 27 heavy (non-hydrogen) atoms. The molecule has 4 heterocycles. The molecule has 1 aliphatic carbocycles. The maximum absolute atomic E-state index is 5.89. The van der Waals surface area contributed by atoms with Gasteiger partial charge in [-0.1, -0.05) is 38.1 Å².